The standard InChI is InChI=1S/C38H45N3O7/c1-5-23(2)28(21-42)41-34-37(46)40(33-24(3)13-12-14-25(33)4)20-11-7-10-17-30(43)47-22-27(26-15-8-6-9-16-26)39-35(44)31-29-18-19-38(34,48-29)32(31)36(41)45/h6-9,11-16,18-19,23,27-29,31-32,34,42H,5,10,17,20-22H2,1-4H3,(H,39,44)/b11-7-/t23-,27-,28-,29-,31+,32+,34-,38+/m0/s1. The van der Waals surface area contributed by atoms with Crippen molar-refractivity contribution in [1.29, 1.82) is 0 Å². The summed E-state index contributed by atoms with van der Waals surface area (Å²) in [6, 6.07) is 12.6. The Labute approximate surface area is 281 Å². The van der Waals surface area contributed by atoms with E-state index >= 15 is 4.79 Å². The third-order valence-corrected chi connectivity index (χ3v) is 10.6. The van der Waals surface area contributed by atoms with Crippen LogP contribution in [0.25, 0.3) is 0 Å². The van der Waals surface area contributed by atoms with Crippen molar-refractivity contribution >= 4 is 29.4 Å². The molecule has 0 saturated carbocycles. The van der Waals surface area contributed by atoms with Gasteiger partial charge in [-0.15, -0.1) is 0 Å². The average molecular weight is 656 g/mol. The summed E-state index contributed by atoms with van der Waals surface area (Å²) in [7, 11) is 0. The van der Waals surface area contributed by atoms with Gasteiger partial charge in [0.05, 0.1) is 36.6 Å². The Morgan fingerprint density at radius 3 is 2.42 bits per heavy atom. The molecule has 0 aliphatic carbocycles. The number of aliphatic hydroxyl groups is 1. The fraction of sp³-hybridized carbons (Fsp3) is 0.474. The first-order valence-corrected chi connectivity index (χ1v) is 17.0. The van der Waals surface area contributed by atoms with Crippen molar-refractivity contribution in [1.82, 2.24) is 10.2 Å². The van der Waals surface area contributed by atoms with E-state index < -0.39 is 53.5 Å². The zero-order valence-corrected chi connectivity index (χ0v) is 28.0. The van der Waals surface area contributed by atoms with Crippen LogP contribution in [0.1, 0.15) is 55.8 Å². The Kier molecular flexibility index (Phi) is 9.58. The lowest BCUT2D eigenvalue weighted by Gasteiger charge is -2.41. The van der Waals surface area contributed by atoms with Gasteiger partial charge in [0, 0.05) is 18.7 Å². The van der Waals surface area contributed by atoms with Crippen molar-refractivity contribution in [2.24, 2.45) is 17.8 Å². The second-order valence-corrected chi connectivity index (χ2v) is 13.4. The minimum Gasteiger partial charge on any atom is -0.463 e. The summed E-state index contributed by atoms with van der Waals surface area (Å²) in [6.07, 6.45) is 7.74. The molecule has 6 rings (SSSR count). The van der Waals surface area contributed by atoms with Gasteiger partial charge in [0.15, 0.2) is 0 Å². The van der Waals surface area contributed by atoms with Crippen LogP contribution in [0.5, 0.6) is 0 Å². The number of para-hydroxylation sites is 1. The van der Waals surface area contributed by atoms with E-state index in [1.165, 1.54) is 4.90 Å². The Morgan fingerprint density at radius 2 is 1.73 bits per heavy atom. The van der Waals surface area contributed by atoms with Crippen LogP contribution in [0.4, 0.5) is 5.69 Å². The molecule has 1 spiro atoms. The topological polar surface area (TPSA) is 125 Å². The molecule has 2 aromatic carbocycles. The SMILES string of the molecule is CC[C@H](C)[C@H](CO)N1C(=O)[C@H]2[C@@H]3C(=O)N[C@H](c4ccccc4)COC(=O)CC/C=C\CN(c4c(C)cccc4C)C(=O)[C@H]1[C@@]21C=C[C@@H]3O1. The molecule has 3 amide bonds. The molecule has 10 nitrogen and oxygen atoms in total. The minimum atomic E-state index is -1.41. The monoisotopic (exact) mass is 655 g/mol. The van der Waals surface area contributed by atoms with E-state index in [2.05, 4.69) is 5.32 Å². The molecule has 2 N–H and O–H groups in total. The van der Waals surface area contributed by atoms with Crippen molar-refractivity contribution < 1.29 is 33.8 Å². The highest BCUT2D eigenvalue weighted by atomic mass is 16.5. The summed E-state index contributed by atoms with van der Waals surface area (Å²) >= 11 is 0. The fourth-order valence-corrected chi connectivity index (χ4v) is 7.95. The molecule has 254 valence electrons. The number of ether oxygens (including phenoxy) is 2. The van der Waals surface area contributed by atoms with Gasteiger partial charge in [0.25, 0.3) is 5.91 Å². The summed E-state index contributed by atoms with van der Waals surface area (Å²) < 4.78 is 12.3. The van der Waals surface area contributed by atoms with E-state index in [0.29, 0.717) is 12.8 Å². The van der Waals surface area contributed by atoms with Gasteiger partial charge in [-0.25, -0.2) is 0 Å². The predicted octanol–water partition coefficient (Wildman–Crippen LogP) is 3.94. The maximum atomic E-state index is 15.2. The smallest absolute Gasteiger partial charge is 0.306 e. The molecule has 0 radical (unpaired) electrons. The minimum absolute atomic E-state index is 0.0791. The molecule has 0 unspecified atom stereocenters. The number of allylic oxidation sites excluding steroid dienone is 1. The number of esters is 1. The molecule has 10 heteroatoms. The molecule has 48 heavy (non-hydrogen) atoms. The maximum Gasteiger partial charge on any atom is 0.306 e. The number of aryl methyl sites for hydroxylation is 2. The molecule has 0 aromatic heterocycles. The molecule has 8 atom stereocenters. The van der Waals surface area contributed by atoms with E-state index in [4.69, 9.17) is 9.47 Å². The van der Waals surface area contributed by atoms with Crippen LogP contribution in [-0.4, -0.2) is 77.2 Å². The third-order valence-electron chi connectivity index (χ3n) is 10.6. The number of aliphatic hydroxyl groups excluding tert-OH is 1. The predicted molar refractivity (Wildman–Crippen MR) is 180 cm³/mol. The van der Waals surface area contributed by atoms with E-state index in [9.17, 15) is 19.5 Å². The van der Waals surface area contributed by atoms with E-state index in [0.717, 1.165) is 22.4 Å². The number of benzene rings is 2. The molecule has 4 heterocycles. The first-order valence-electron chi connectivity index (χ1n) is 17.0. The number of cyclic esters (lactones) is 1. The van der Waals surface area contributed by atoms with Crippen molar-refractivity contribution in [3.05, 3.63) is 89.5 Å². The number of nitrogens with zero attached hydrogens (tertiary/aromatic N) is 2. The van der Waals surface area contributed by atoms with Gasteiger partial charge in [0.2, 0.25) is 11.8 Å². The van der Waals surface area contributed by atoms with Gasteiger partial charge >= 0.3 is 5.97 Å². The second-order valence-electron chi connectivity index (χ2n) is 13.4. The van der Waals surface area contributed by atoms with Crippen LogP contribution in [0.3, 0.4) is 0 Å². The lowest BCUT2D eigenvalue weighted by molar-refractivity contribution is -0.147. The van der Waals surface area contributed by atoms with Crippen LogP contribution >= 0.6 is 0 Å². The first-order chi connectivity index (χ1) is 23.1. The number of rotatable bonds is 6. The quantitative estimate of drug-likeness (QED) is 0.357. The highest BCUT2D eigenvalue weighted by molar-refractivity contribution is 6.06. The molecule has 4 aliphatic heterocycles. The summed E-state index contributed by atoms with van der Waals surface area (Å²) in [5, 5.41) is 13.8. The number of carbonyl (C=O) groups is 4. The number of carbonyl (C=O) groups excluding carboxylic acids is 4. The second kappa shape index (κ2) is 13.7. The van der Waals surface area contributed by atoms with Gasteiger partial charge in [-0.1, -0.05) is 93.1 Å². The maximum absolute atomic E-state index is 15.2. The fourth-order valence-electron chi connectivity index (χ4n) is 7.95. The highest BCUT2D eigenvalue weighted by Crippen LogP contribution is 2.56. The molecule has 4 aliphatic rings. The van der Waals surface area contributed by atoms with Gasteiger partial charge in [0.1, 0.15) is 18.2 Å². The largest absolute Gasteiger partial charge is 0.463 e. The van der Waals surface area contributed by atoms with Gasteiger partial charge in [-0.2, -0.15) is 0 Å². The van der Waals surface area contributed by atoms with Gasteiger partial charge < -0.3 is 29.7 Å². The Morgan fingerprint density at radius 1 is 1.00 bits per heavy atom. The Balaban J connectivity index is 1.49. The molecule has 5 bridgehead atoms. The molecular formula is C38H45N3O7. The number of likely N-dealkylation sites (tertiary alicyclic amines) is 1. The molecule has 2 aromatic rings. The van der Waals surface area contributed by atoms with Crippen molar-refractivity contribution in [2.45, 2.75) is 76.8 Å². The number of hydrogen-bond acceptors (Lipinski definition) is 7. The van der Waals surface area contributed by atoms with Crippen LogP contribution in [-0.2, 0) is 28.7 Å². The molecular weight excluding hydrogens is 610 g/mol. The van der Waals surface area contributed by atoms with E-state index in [-0.39, 0.29) is 43.9 Å². The highest BCUT2D eigenvalue weighted by Gasteiger charge is 2.74. The normalized spacial score (nSPS) is 31.0. The summed E-state index contributed by atoms with van der Waals surface area (Å²) in [6.45, 7) is 7.57. The first kappa shape index (κ1) is 33.6. The van der Waals surface area contributed by atoms with E-state index in [1.54, 1.807) is 17.1 Å². The Hall–Kier alpha value is -4.28. The zero-order chi connectivity index (χ0) is 34.2. The van der Waals surface area contributed by atoms with Crippen molar-refractivity contribution in [2.75, 3.05) is 24.7 Å². The number of nitrogens with one attached hydrogen (secondary N) is 1. The van der Waals surface area contributed by atoms with Crippen LogP contribution in [0.2, 0.25) is 0 Å². The molecule has 2 saturated heterocycles. The number of fused-ring (bicyclic) bond motifs is 2. The summed E-state index contributed by atoms with van der Waals surface area (Å²) in [5.74, 6) is -3.65. The van der Waals surface area contributed by atoms with Crippen molar-refractivity contribution in [3.8, 4) is 0 Å². The zero-order valence-electron chi connectivity index (χ0n) is 28.0. The van der Waals surface area contributed by atoms with Crippen molar-refractivity contribution in [3.63, 3.8) is 0 Å². The van der Waals surface area contributed by atoms with Gasteiger partial charge in [-0.05, 0) is 42.9 Å². The summed E-state index contributed by atoms with van der Waals surface area (Å²) in [4.78, 5) is 60.3. The number of amides is 3. The Bertz CT molecular complexity index is 1600. The number of anilines is 1. The summed E-state index contributed by atoms with van der Waals surface area (Å²) in [5.41, 5.74) is 1.82. The van der Waals surface area contributed by atoms with Crippen LogP contribution in [0.15, 0.2) is 72.8 Å². The van der Waals surface area contributed by atoms with Crippen LogP contribution < -0.4 is 10.2 Å². The van der Waals surface area contributed by atoms with Gasteiger partial charge in [-0.3, -0.25) is 19.2 Å². The number of hydrogen-bond donors (Lipinski definition) is 2. The van der Waals surface area contributed by atoms with E-state index in [1.807, 2.05) is 88.4 Å². The third kappa shape index (κ3) is 5.75. The average Bonchev–Trinajstić information content (AvgIpc) is 3.73. The van der Waals surface area contributed by atoms with Crippen LogP contribution in [0, 0.1) is 31.6 Å². The lowest BCUT2D eigenvalue weighted by atomic mass is 9.74. The lowest BCUT2D eigenvalue weighted by Crippen LogP contribution is -2.60. The molecule has 2 fully saturated rings.